The first kappa shape index (κ1) is 20.3. The maximum Gasteiger partial charge on any atom is 0.249 e. The number of fused-ring (bicyclic) bond motifs is 1. The van der Waals surface area contributed by atoms with Crippen LogP contribution in [0.5, 0.6) is 0 Å². The number of halogens is 2. The first-order valence-corrected chi connectivity index (χ1v) is 10.5. The van der Waals surface area contributed by atoms with Crippen molar-refractivity contribution in [2.75, 3.05) is 23.3 Å². The number of pyridine rings is 1. The summed E-state index contributed by atoms with van der Waals surface area (Å²) in [7, 11) is 0. The van der Waals surface area contributed by atoms with Gasteiger partial charge in [0, 0.05) is 13.1 Å². The summed E-state index contributed by atoms with van der Waals surface area (Å²) in [6.07, 6.45) is 2.89. The van der Waals surface area contributed by atoms with E-state index in [9.17, 15) is 9.18 Å². The smallest absolute Gasteiger partial charge is 0.249 e. The highest BCUT2D eigenvalue weighted by Gasteiger charge is 2.43. The van der Waals surface area contributed by atoms with Crippen LogP contribution in [0, 0.1) is 5.82 Å². The zero-order valence-corrected chi connectivity index (χ0v) is 18.0. The molecular formula is C21H24BrFN4O2. The summed E-state index contributed by atoms with van der Waals surface area (Å²) in [5, 5.41) is 2.87. The van der Waals surface area contributed by atoms with Crippen LogP contribution in [0.4, 0.5) is 15.9 Å². The van der Waals surface area contributed by atoms with E-state index < -0.39 is 5.54 Å². The largest absolute Gasteiger partial charge is 0.372 e. The number of nitrogens with zero attached hydrogens (tertiary/aromatic N) is 2. The Labute approximate surface area is 177 Å². The first-order chi connectivity index (χ1) is 13.8. The molecule has 3 unspecified atom stereocenters. The Morgan fingerprint density at radius 1 is 1.31 bits per heavy atom. The molecule has 3 N–H and O–H groups in total. The Bertz CT molecular complexity index is 929. The third kappa shape index (κ3) is 3.76. The normalized spacial score (nSPS) is 26.3. The second kappa shape index (κ2) is 7.66. The summed E-state index contributed by atoms with van der Waals surface area (Å²) < 4.78 is 19.9. The number of anilines is 2. The fourth-order valence-corrected chi connectivity index (χ4v) is 4.75. The molecule has 1 amide bonds. The highest BCUT2D eigenvalue weighted by Crippen LogP contribution is 2.40. The van der Waals surface area contributed by atoms with Crippen molar-refractivity contribution in [3.8, 4) is 0 Å². The predicted molar refractivity (Wildman–Crippen MR) is 113 cm³/mol. The SMILES string of the molecule is CC1CN(c2ccc(NC(=O)C3(N)CCc4c3ccc(F)c4Br)cn2)CC(C)O1. The van der Waals surface area contributed by atoms with E-state index >= 15 is 0 Å². The van der Waals surface area contributed by atoms with Gasteiger partial charge in [0.15, 0.2) is 0 Å². The van der Waals surface area contributed by atoms with Crippen LogP contribution in [0.3, 0.4) is 0 Å². The highest BCUT2D eigenvalue weighted by molar-refractivity contribution is 9.10. The maximum atomic E-state index is 13.8. The molecule has 0 saturated carbocycles. The van der Waals surface area contributed by atoms with Crippen LogP contribution in [0.1, 0.15) is 31.4 Å². The van der Waals surface area contributed by atoms with Crippen LogP contribution in [-0.2, 0) is 21.5 Å². The molecule has 1 aliphatic carbocycles. The van der Waals surface area contributed by atoms with Crippen molar-refractivity contribution in [2.24, 2.45) is 5.73 Å². The quantitative estimate of drug-likeness (QED) is 0.730. The van der Waals surface area contributed by atoms with Gasteiger partial charge in [0.05, 0.1) is 28.6 Å². The van der Waals surface area contributed by atoms with Crippen LogP contribution in [0.15, 0.2) is 34.9 Å². The number of rotatable bonds is 3. The number of benzene rings is 1. The Hall–Kier alpha value is -2.03. The van der Waals surface area contributed by atoms with Gasteiger partial charge in [-0.3, -0.25) is 4.79 Å². The molecule has 8 heteroatoms. The van der Waals surface area contributed by atoms with Gasteiger partial charge in [0.2, 0.25) is 5.91 Å². The average molecular weight is 463 g/mol. The predicted octanol–water partition coefficient (Wildman–Crippen LogP) is 3.34. The molecule has 0 bridgehead atoms. The lowest BCUT2D eigenvalue weighted by molar-refractivity contribution is -0.121. The number of carbonyl (C=O) groups is 1. The van der Waals surface area contributed by atoms with Gasteiger partial charge in [-0.1, -0.05) is 6.07 Å². The summed E-state index contributed by atoms with van der Waals surface area (Å²) in [6, 6.07) is 6.65. The van der Waals surface area contributed by atoms with Crippen LogP contribution in [0.2, 0.25) is 0 Å². The minimum Gasteiger partial charge on any atom is -0.372 e. The van der Waals surface area contributed by atoms with E-state index in [2.05, 4.69) is 31.1 Å². The molecule has 1 aromatic carbocycles. The summed E-state index contributed by atoms with van der Waals surface area (Å²) >= 11 is 3.27. The number of amides is 1. The summed E-state index contributed by atoms with van der Waals surface area (Å²) in [6.45, 7) is 5.64. The molecule has 0 radical (unpaired) electrons. The van der Waals surface area contributed by atoms with Crippen molar-refractivity contribution in [3.63, 3.8) is 0 Å². The van der Waals surface area contributed by atoms with Gasteiger partial charge in [-0.05, 0) is 71.9 Å². The third-order valence-corrected chi connectivity index (χ3v) is 6.46. The number of nitrogens with two attached hydrogens (primary N) is 1. The molecule has 2 aromatic rings. The lowest BCUT2D eigenvalue weighted by Crippen LogP contribution is -2.46. The lowest BCUT2D eigenvalue weighted by Gasteiger charge is -2.36. The number of hydrogen-bond acceptors (Lipinski definition) is 5. The van der Waals surface area contributed by atoms with Crippen molar-refractivity contribution in [1.29, 1.82) is 0 Å². The van der Waals surface area contributed by atoms with Gasteiger partial charge in [0.1, 0.15) is 17.2 Å². The molecule has 1 fully saturated rings. The molecule has 6 nitrogen and oxygen atoms in total. The molecule has 0 spiro atoms. The topological polar surface area (TPSA) is 80.5 Å². The maximum absolute atomic E-state index is 13.8. The van der Waals surface area contributed by atoms with Crippen molar-refractivity contribution in [1.82, 2.24) is 4.98 Å². The molecule has 2 heterocycles. The molecule has 3 atom stereocenters. The van der Waals surface area contributed by atoms with Gasteiger partial charge in [-0.15, -0.1) is 0 Å². The minimum atomic E-state index is -1.20. The zero-order chi connectivity index (χ0) is 20.8. The molecule has 1 saturated heterocycles. The average Bonchev–Trinajstić information content (AvgIpc) is 3.03. The van der Waals surface area contributed by atoms with Gasteiger partial charge < -0.3 is 20.7 Å². The number of hydrogen-bond donors (Lipinski definition) is 2. The van der Waals surface area contributed by atoms with Gasteiger partial charge >= 0.3 is 0 Å². The van der Waals surface area contributed by atoms with Crippen LogP contribution in [-0.4, -0.2) is 36.2 Å². The second-order valence-corrected chi connectivity index (χ2v) is 8.67. The van der Waals surface area contributed by atoms with E-state index in [1.54, 1.807) is 12.3 Å². The summed E-state index contributed by atoms with van der Waals surface area (Å²) in [4.78, 5) is 19.6. The third-order valence-electron chi connectivity index (χ3n) is 5.60. The lowest BCUT2D eigenvalue weighted by atomic mass is 9.92. The van der Waals surface area contributed by atoms with E-state index in [1.165, 1.54) is 6.07 Å². The number of carbonyl (C=O) groups excluding carboxylic acids is 1. The number of aromatic nitrogens is 1. The minimum absolute atomic E-state index is 0.142. The Kier molecular flexibility index (Phi) is 5.35. The standard InChI is InChI=1S/C21H24BrFN4O2/c1-12-10-27(11-13(2)29-12)18-6-3-14(9-25-18)26-20(28)21(24)8-7-15-16(21)4-5-17(23)19(15)22/h3-6,9,12-13H,7-8,10-11,24H2,1-2H3,(H,26,28). The van der Waals surface area contributed by atoms with Gasteiger partial charge in [0.25, 0.3) is 0 Å². The summed E-state index contributed by atoms with van der Waals surface area (Å²) in [5.74, 6) is 0.177. The highest BCUT2D eigenvalue weighted by atomic mass is 79.9. The fourth-order valence-electron chi connectivity index (χ4n) is 4.20. The van der Waals surface area contributed by atoms with Crippen LogP contribution < -0.4 is 16.0 Å². The van der Waals surface area contributed by atoms with E-state index in [0.29, 0.717) is 28.6 Å². The van der Waals surface area contributed by atoms with Crippen molar-refractivity contribution in [2.45, 2.75) is 44.4 Å². The van der Waals surface area contributed by atoms with Crippen molar-refractivity contribution >= 4 is 33.3 Å². The molecule has 2 aliphatic rings. The molecule has 1 aromatic heterocycles. The fraction of sp³-hybridized carbons (Fsp3) is 0.429. The van der Waals surface area contributed by atoms with Crippen molar-refractivity contribution in [3.05, 3.63) is 51.9 Å². The molecular weight excluding hydrogens is 439 g/mol. The number of morpholine rings is 1. The van der Waals surface area contributed by atoms with E-state index in [-0.39, 0.29) is 23.9 Å². The Morgan fingerprint density at radius 3 is 2.69 bits per heavy atom. The van der Waals surface area contributed by atoms with E-state index in [1.807, 2.05) is 26.0 Å². The second-order valence-electron chi connectivity index (χ2n) is 7.88. The van der Waals surface area contributed by atoms with E-state index in [4.69, 9.17) is 10.5 Å². The van der Waals surface area contributed by atoms with Gasteiger partial charge in [-0.25, -0.2) is 9.37 Å². The summed E-state index contributed by atoms with van der Waals surface area (Å²) in [5.41, 5.74) is 7.25. The molecule has 4 rings (SSSR count). The Morgan fingerprint density at radius 2 is 2.03 bits per heavy atom. The van der Waals surface area contributed by atoms with Crippen molar-refractivity contribution < 1.29 is 13.9 Å². The molecule has 1 aliphatic heterocycles. The monoisotopic (exact) mass is 462 g/mol. The van der Waals surface area contributed by atoms with Gasteiger partial charge in [-0.2, -0.15) is 0 Å². The zero-order valence-electron chi connectivity index (χ0n) is 16.4. The Balaban J connectivity index is 1.49. The van der Waals surface area contributed by atoms with Crippen LogP contribution >= 0.6 is 15.9 Å². The molecule has 154 valence electrons. The number of ether oxygens (including phenoxy) is 1. The first-order valence-electron chi connectivity index (χ1n) is 9.72. The molecule has 29 heavy (non-hydrogen) atoms. The van der Waals surface area contributed by atoms with Crippen LogP contribution in [0.25, 0.3) is 0 Å². The number of nitrogens with one attached hydrogen (secondary N) is 1. The van der Waals surface area contributed by atoms with E-state index in [0.717, 1.165) is 24.5 Å².